The number of hydrogen-bond acceptors (Lipinski definition) is 2. The Morgan fingerprint density at radius 3 is 1.39 bits per heavy atom. The van der Waals surface area contributed by atoms with Gasteiger partial charge in [-0.15, -0.1) is 0 Å². The zero-order chi connectivity index (χ0) is 29.8. The molecular weight excluding hydrogens is 532 g/mol. The number of nitrogens with zero attached hydrogens (tertiary/aromatic N) is 2. The zero-order valence-electron chi connectivity index (χ0n) is 25.2. The molecule has 0 aliphatic rings. The van der Waals surface area contributed by atoms with Gasteiger partial charge in [0.05, 0.1) is 23.8 Å². The van der Waals surface area contributed by atoms with Crippen molar-refractivity contribution in [3.8, 4) is 44.8 Å². The van der Waals surface area contributed by atoms with Crippen molar-refractivity contribution in [2.24, 2.45) is 0 Å². The molecule has 1 aromatic heterocycles. The first-order valence-electron chi connectivity index (χ1n) is 15.2. The van der Waals surface area contributed by atoms with E-state index in [9.17, 15) is 0 Å². The molecule has 0 atom stereocenters. The fourth-order valence-corrected chi connectivity index (χ4v) is 6.50. The Kier molecular flexibility index (Phi) is 6.06. The number of hydrogen-bond donors (Lipinski definition) is 0. The van der Waals surface area contributed by atoms with Crippen molar-refractivity contribution >= 4 is 32.3 Å². The average Bonchev–Trinajstić information content (AvgIpc) is 3.07. The molecule has 0 N–H and O–H groups in total. The van der Waals surface area contributed by atoms with E-state index in [2.05, 4.69) is 130 Å². The van der Waals surface area contributed by atoms with Gasteiger partial charge in [0, 0.05) is 11.1 Å². The van der Waals surface area contributed by atoms with Crippen LogP contribution < -0.4 is 0 Å². The molecule has 0 aliphatic carbocycles. The number of aromatic nitrogens is 2. The maximum atomic E-state index is 4.75. The fraction of sp³-hybridized carbons (Fsp3) is 0.0952. The second-order valence-electron chi connectivity index (χ2n) is 12.7. The van der Waals surface area contributed by atoms with Crippen molar-refractivity contribution in [3.63, 3.8) is 0 Å². The van der Waals surface area contributed by atoms with Gasteiger partial charge < -0.3 is 0 Å². The third-order valence-corrected chi connectivity index (χ3v) is 8.88. The summed E-state index contributed by atoms with van der Waals surface area (Å²) in [5, 5.41) is 7.85. The second-order valence-corrected chi connectivity index (χ2v) is 12.7. The molecule has 8 aromatic rings. The van der Waals surface area contributed by atoms with Crippen LogP contribution in [0.1, 0.15) is 26.3 Å². The summed E-state index contributed by atoms with van der Waals surface area (Å²) in [5.41, 5.74) is 10.2. The summed E-state index contributed by atoms with van der Waals surface area (Å²) in [5.74, 6) is 0. The van der Waals surface area contributed by atoms with Crippen LogP contribution in [0, 0.1) is 0 Å². The van der Waals surface area contributed by atoms with Gasteiger partial charge in [-0.05, 0) is 71.6 Å². The smallest absolute Gasteiger partial charge is 0.0885 e. The SMILES string of the molecule is CC(C)(C)c1cc2ccc3c(-c4ccccc4)cc(-c4ccc(-c5cnc(-c6ccccc6)cn5)cc4)c4ccc(c1)c2c34. The molecule has 0 saturated heterocycles. The summed E-state index contributed by atoms with van der Waals surface area (Å²) < 4.78 is 0. The third kappa shape index (κ3) is 4.42. The van der Waals surface area contributed by atoms with Crippen LogP contribution in [0.4, 0.5) is 0 Å². The largest absolute Gasteiger partial charge is 0.252 e. The molecule has 44 heavy (non-hydrogen) atoms. The Balaban J connectivity index is 1.29. The van der Waals surface area contributed by atoms with Crippen molar-refractivity contribution < 1.29 is 0 Å². The monoisotopic (exact) mass is 564 g/mol. The first-order chi connectivity index (χ1) is 21.4. The minimum Gasteiger partial charge on any atom is -0.252 e. The van der Waals surface area contributed by atoms with Gasteiger partial charge >= 0.3 is 0 Å². The fourth-order valence-electron chi connectivity index (χ4n) is 6.50. The van der Waals surface area contributed by atoms with Gasteiger partial charge in [-0.25, -0.2) is 0 Å². The van der Waals surface area contributed by atoms with E-state index in [1.54, 1.807) is 0 Å². The molecule has 0 radical (unpaired) electrons. The first-order valence-corrected chi connectivity index (χ1v) is 15.2. The lowest BCUT2D eigenvalue weighted by Gasteiger charge is -2.23. The van der Waals surface area contributed by atoms with E-state index >= 15 is 0 Å². The maximum absolute atomic E-state index is 4.75. The molecule has 0 saturated carbocycles. The van der Waals surface area contributed by atoms with E-state index in [1.807, 2.05) is 30.6 Å². The van der Waals surface area contributed by atoms with Gasteiger partial charge in [0.2, 0.25) is 0 Å². The molecule has 0 unspecified atom stereocenters. The lowest BCUT2D eigenvalue weighted by molar-refractivity contribution is 0.591. The van der Waals surface area contributed by atoms with Gasteiger partial charge in [0.25, 0.3) is 0 Å². The molecule has 0 spiro atoms. The van der Waals surface area contributed by atoms with Gasteiger partial charge in [-0.1, -0.05) is 142 Å². The first kappa shape index (κ1) is 26.3. The molecule has 7 aromatic carbocycles. The Bertz CT molecular complexity index is 2240. The highest BCUT2D eigenvalue weighted by Gasteiger charge is 2.20. The molecule has 210 valence electrons. The van der Waals surface area contributed by atoms with Crippen molar-refractivity contribution in [2.45, 2.75) is 26.2 Å². The Labute approximate surface area is 258 Å². The molecule has 2 heteroatoms. The van der Waals surface area contributed by atoms with Gasteiger partial charge in [-0.3, -0.25) is 9.97 Å². The summed E-state index contributed by atoms with van der Waals surface area (Å²) in [4.78, 5) is 9.45. The van der Waals surface area contributed by atoms with Crippen molar-refractivity contribution in [1.29, 1.82) is 0 Å². The van der Waals surface area contributed by atoms with Crippen molar-refractivity contribution in [3.05, 3.63) is 145 Å². The van der Waals surface area contributed by atoms with Crippen LogP contribution in [0.15, 0.2) is 140 Å². The zero-order valence-corrected chi connectivity index (χ0v) is 25.2. The molecule has 0 amide bonds. The molecule has 2 nitrogen and oxygen atoms in total. The normalized spacial score (nSPS) is 12.0. The predicted molar refractivity (Wildman–Crippen MR) is 186 cm³/mol. The highest BCUT2D eigenvalue weighted by atomic mass is 14.8. The quantitative estimate of drug-likeness (QED) is 0.199. The van der Waals surface area contributed by atoms with Gasteiger partial charge in [0.1, 0.15) is 0 Å². The highest BCUT2D eigenvalue weighted by Crippen LogP contribution is 2.45. The topological polar surface area (TPSA) is 25.8 Å². The van der Waals surface area contributed by atoms with E-state index in [-0.39, 0.29) is 5.41 Å². The van der Waals surface area contributed by atoms with Crippen molar-refractivity contribution in [2.75, 3.05) is 0 Å². The minimum atomic E-state index is 0.0821. The van der Waals surface area contributed by atoms with Gasteiger partial charge in [-0.2, -0.15) is 0 Å². The second kappa shape index (κ2) is 10.1. The van der Waals surface area contributed by atoms with Crippen molar-refractivity contribution in [1.82, 2.24) is 9.97 Å². The van der Waals surface area contributed by atoms with E-state index in [4.69, 9.17) is 9.97 Å². The molecule has 0 aliphatic heterocycles. The number of rotatable bonds is 4. The van der Waals surface area contributed by atoms with Crippen LogP contribution in [0.3, 0.4) is 0 Å². The van der Waals surface area contributed by atoms with E-state index in [0.717, 1.165) is 22.5 Å². The predicted octanol–water partition coefficient (Wildman–Crippen LogP) is 11.3. The standard InChI is InChI=1S/C42H32N2/c1-42(2,3)33-22-31-18-20-34-36(27-10-6-4-7-11-27)24-37(35-21-19-32(23-33)40(31)41(34)35)28-14-16-30(17-15-28)39-26-43-38(25-44-39)29-12-8-5-9-13-29/h4-26H,1-3H3. The molecule has 0 bridgehead atoms. The summed E-state index contributed by atoms with van der Waals surface area (Å²) >= 11 is 0. The lowest BCUT2D eigenvalue weighted by atomic mass is 9.81. The number of benzene rings is 7. The van der Waals surface area contributed by atoms with Crippen LogP contribution in [-0.4, -0.2) is 9.97 Å². The van der Waals surface area contributed by atoms with Crippen LogP contribution in [0.2, 0.25) is 0 Å². The summed E-state index contributed by atoms with van der Waals surface area (Å²) in [6, 6.07) is 46.1. The lowest BCUT2D eigenvalue weighted by Crippen LogP contribution is -2.10. The van der Waals surface area contributed by atoms with E-state index < -0.39 is 0 Å². The van der Waals surface area contributed by atoms with E-state index in [0.29, 0.717) is 0 Å². The molecular formula is C42H32N2. The van der Waals surface area contributed by atoms with Crippen LogP contribution in [0.5, 0.6) is 0 Å². The Morgan fingerprint density at radius 1 is 0.432 bits per heavy atom. The minimum absolute atomic E-state index is 0.0821. The molecule has 1 heterocycles. The van der Waals surface area contributed by atoms with E-state index in [1.165, 1.54) is 60.1 Å². The Hall–Kier alpha value is -5.34. The van der Waals surface area contributed by atoms with Crippen LogP contribution >= 0.6 is 0 Å². The molecule has 8 rings (SSSR count). The molecule has 0 fully saturated rings. The van der Waals surface area contributed by atoms with Crippen LogP contribution in [-0.2, 0) is 5.41 Å². The summed E-state index contributed by atoms with van der Waals surface area (Å²) in [7, 11) is 0. The summed E-state index contributed by atoms with van der Waals surface area (Å²) in [6.45, 7) is 6.87. The average molecular weight is 565 g/mol. The summed E-state index contributed by atoms with van der Waals surface area (Å²) in [6.07, 6.45) is 3.73. The van der Waals surface area contributed by atoms with Gasteiger partial charge in [0.15, 0.2) is 0 Å². The maximum Gasteiger partial charge on any atom is 0.0885 e. The third-order valence-electron chi connectivity index (χ3n) is 8.88. The highest BCUT2D eigenvalue weighted by molar-refractivity contribution is 6.28. The van der Waals surface area contributed by atoms with Crippen LogP contribution in [0.25, 0.3) is 77.1 Å². The Morgan fingerprint density at radius 2 is 0.886 bits per heavy atom.